The maximum absolute atomic E-state index is 13.4. The van der Waals surface area contributed by atoms with E-state index in [1.54, 1.807) is 6.07 Å². The van der Waals surface area contributed by atoms with Crippen LogP contribution >= 0.6 is 0 Å². The summed E-state index contributed by atoms with van der Waals surface area (Å²) in [6.07, 6.45) is 1.14. The minimum atomic E-state index is -0.311. The lowest BCUT2D eigenvalue weighted by Gasteiger charge is -2.21. The molecule has 1 heterocycles. The molecular weight excluding hydrogens is 193 g/mol. The number of anilines is 1. The maximum atomic E-state index is 13.4. The normalized spacial score (nSPS) is 21.0. The topological polar surface area (TPSA) is 23.5 Å². The van der Waals surface area contributed by atoms with Crippen LogP contribution in [0.3, 0.4) is 0 Å². The van der Waals surface area contributed by atoms with Crippen molar-refractivity contribution in [1.82, 2.24) is 0 Å². The highest BCUT2D eigenvalue weighted by Crippen LogP contribution is 2.28. The van der Waals surface area contributed by atoms with Gasteiger partial charge in [0, 0.05) is 24.3 Å². The Morgan fingerprint density at radius 2 is 2.33 bits per heavy atom. The van der Waals surface area contributed by atoms with Crippen LogP contribution in [0.5, 0.6) is 0 Å². The second-order valence-electron chi connectivity index (χ2n) is 4.24. The Hall–Kier alpha value is -1.09. The van der Waals surface area contributed by atoms with Gasteiger partial charge in [-0.05, 0) is 24.5 Å². The summed E-state index contributed by atoms with van der Waals surface area (Å²) in [7, 11) is 0. The summed E-state index contributed by atoms with van der Waals surface area (Å²) >= 11 is 0. The molecular formula is C12H16FNO. The van der Waals surface area contributed by atoms with Crippen molar-refractivity contribution in [3.8, 4) is 0 Å². The maximum Gasteiger partial charge on any atom is 0.130 e. The molecule has 1 atom stereocenters. The Morgan fingerprint density at radius 3 is 2.93 bits per heavy atom. The van der Waals surface area contributed by atoms with E-state index in [-0.39, 0.29) is 12.4 Å². The van der Waals surface area contributed by atoms with Gasteiger partial charge in [0.05, 0.1) is 6.61 Å². The molecule has 3 heteroatoms. The van der Waals surface area contributed by atoms with E-state index in [0.29, 0.717) is 11.5 Å². The molecule has 0 spiro atoms. The Morgan fingerprint density at radius 1 is 1.53 bits per heavy atom. The molecule has 1 fully saturated rings. The van der Waals surface area contributed by atoms with Gasteiger partial charge >= 0.3 is 0 Å². The highest BCUT2D eigenvalue weighted by molar-refractivity contribution is 5.54. The van der Waals surface area contributed by atoms with E-state index in [9.17, 15) is 4.39 Å². The first-order valence-electron chi connectivity index (χ1n) is 5.35. The Kier molecular flexibility index (Phi) is 2.91. The molecule has 0 bridgehead atoms. The molecule has 0 radical (unpaired) electrons. The molecule has 2 nitrogen and oxygen atoms in total. The zero-order valence-corrected chi connectivity index (χ0v) is 8.91. The molecule has 1 unspecified atom stereocenters. The molecule has 0 aromatic heterocycles. The average molecular weight is 209 g/mol. The number of benzene rings is 1. The third kappa shape index (κ3) is 1.97. The first-order chi connectivity index (χ1) is 7.22. The monoisotopic (exact) mass is 209 g/mol. The van der Waals surface area contributed by atoms with Crippen molar-refractivity contribution >= 4 is 5.69 Å². The summed E-state index contributed by atoms with van der Waals surface area (Å²) in [5.41, 5.74) is 1.27. The fourth-order valence-corrected chi connectivity index (χ4v) is 2.15. The van der Waals surface area contributed by atoms with Crippen molar-refractivity contribution < 1.29 is 9.50 Å². The fraction of sp³-hybridized carbons (Fsp3) is 0.500. The molecule has 0 amide bonds. The van der Waals surface area contributed by atoms with Gasteiger partial charge in [0.2, 0.25) is 0 Å². The molecule has 1 N–H and O–H groups in total. The SMILES string of the molecule is CC1CCN(c2cccc(F)c2CO)C1. The Balaban J connectivity index is 2.31. The number of hydrogen-bond donors (Lipinski definition) is 1. The zero-order chi connectivity index (χ0) is 10.8. The Bertz CT molecular complexity index is 353. The molecule has 0 saturated carbocycles. The number of hydrogen-bond acceptors (Lipinski definition) is 2. The van der Waals surface area contributed by atoms with Gasteiger partial charge in [-0.1, -0.05) is 13.0 Å². The van der Waals surface area contributed by atoms with Crippen molar-refractivity contribution in [1.29, 1.82) is 0 Å². The minimum Gasteiger partial charge on any atom is -0.391 e. The lowest BCUT2D eigenvalue weighted by Crippen LogP contribution is -2.21. The number of halogens is 1. The summed E-state index contributed by atoms with van der Waals surface area (Å²) in [4.78, 5) is 2.15. The second kappa shape index (κ2) is 4.19. The molecule has 82 valence electrons. The van der Waals surface area contributed by atoms with Crippen LogP contribution in [0.2, 0.25) is 0 Å². The van der Waals surface area contributed by atoms with Gasteiger partial charge in [-0.15, -0.1) is 0 Å². The lowest BCUT2D eigenvalue weighted by molar-refractivity contribution is 0.276. The van der Waals surface area contributed by atoms with E-state index < -0.39 is 0 Å². The second-order valence-corrected chi connectivity index (χ2v) is 4.24. The van der Waals surface area contributed by atoms with Crippen molar-refractivity contribution in [2.24, 2.45) is 5.92 Å². The minimum absolute atomic E-state index is 0.229. The summed E-state index contributed by atoms with van der Waals surface area (Å²) in [5, 5.41) is 9.16. The molecule has 2 rings (SSSR count). The lowest BCUT2D eigenvalue weighted by atomic mass is 10.1. The van der Waals surface area contributed by atoms with Crippen molar-refractivity contribution in [3.05, 3.63) is 29.6 Å². The summed E-state index contributed by atoms with van der Waals surface area (Å²) in [5.74, 6) is 0.342. The number of aliphatic hydroxyl groups excluding tert-OH is 1. The molecule has 1 aromatic carbocycles. The Labute approximate surface area is 89.3 Å². The smallest absolute Gasteiger partial charge is 0.130 e. The van der Waals surface area contributed by atoms with Gasteiger partial charge in [0.25, 0.3) is 0 Å². The first-order valence-corrected chi connectivity index (χ1v) is 5.35. The summed E-state index contributed by atoms with van der Waals surface area (Å²) in [6.45, 7) is 3.87. The van der Waals surface area contributed by atoms with Crippen LogP contribution in [0.25, 0.3) is 0 Å². The summed E-state index contributed by atoms with van der Waals surface area (Å²) in [6, 6.07) is 4.98. The van der Waals surface area contributed by atoms with Gasteiger partial charge in [-0.2, -0.15) is 0 Å². The van der Waals surface area contributed by atoms with Gasteiger partial charge in [0.15, 0.2) is 0 Å². The molecule has 1 saturated heterocycles. The highest BCUT2D eigenvalue weighted by Gasteiger charge is 2.21. The quantitative estimate of drug-likeness (QED) is 0.806. The number of aliphatic hydroxyl groups is 1. The molecule has 1 aliphatic rings. The van der Waals surface area contributed by atoms with Gasteiger partial charge in [0.1, 0.15) is 5.82 Å². The third-order valence-electron chi connectivity index (χ3n) is 3.02. The van der Waals surface area contributed by atoms with E-state index in [1.165, 1.54) is 6.07 Å². The summed E-state index contributed by atoms with van der Waals surface area (Å²) < 4.78 is 13.4. The predicted octanol–water partition coefficient (Wildman–Crippen LogP) is 2.16. The zero-order valence-electron chi connectivity index (χ0n) is 8.91. The third-order valence-corrected chi connectivity index (χ3v) is 3.02. The van der Waals surface area contributed by atoms with E-state index >= 15 is 0 Å². The van der Waals surface area contributed by atoms with Crippen LogP contribution < -0.4 is 4.90 Å². The predicted molar refractivity (Wildman–Crippen MR) is 58.3 cm³/mol. The van der Waals surface area contributed by atoms with Crippen LogP contribution in [0, 0.1) is 11.7 Å². The molecule has 1 aliphatic heterocycles. The van der Waals surface area contributed by atoms with Crippen LogP contribution in [-0.2, 0) is 6.61 Å². The van der Waals surface area contributed by atoms with E-state index in [1.807, 2.05) is 6.07 Å². The van der Waals surface area contributed by atoms with Crippen molar-refractivity contribution in [2.75, 3.05) is 18.0 Å². The van der Waals surface area contributed by atoms with Gasteiger partial charge < -0.3 is 10.0 Å². The number of nitrogens with zero attached hydrogens (tertiary/aromatic N) is 1. The molecule has 15 heavy (non-hydrogen) atoms. The average Bonchev–Trinajstić information content (AvgIpc) is 2.64. The van der Waals surface area contributed by atoms with E-state index in [4.69, 9.17) is 5.11 Å². The van der Waals surface area contributed by atoms with Crippen LogP contribution in [0.1, 0.15) is 18.9 Å². The van der Waals surface area contributed by atoms with E-state index in [0.717, 1.165) is 25.2 Å². The van der Waals surface area contributed by atoms with Crippen LogP contribution in [0.15, 0.2) is 18.2 Å². The van der Waals surface area contributed by atoms with Crippen molar-refractivity contribution in [2.45, 2.75) is 20.0 Å². The highest BCUT2D eigenvalue weighted by atomic mass is 19.1. The fourth-order valence-electron chi connectivity index (χ4n) is 2.15. The molecule has 1 aromatic rings. The molecule has 0 aliphatic carbocycles. The van der Waals surface area contributed by atoms with Gasteiger partial charge in [-0.3, -0.25) is 0 Å². The van der Waals surface area contributed by atoms with Crippen LogP contribution in [0.4, 0.5) is 10.1 Å². The van der Waals surface area contributed by atoms with E-state index in [2.05, 4.69) is 11.8 Å². The standard InChI is InChI=1S/C12H16FNO/c1-9-5-6-14(7-9)12-4-2-3-11(13)10(12)8-15/h2-4,9,15H,5-8H2,1H3. The van der Waals surface area contributed by atoms with Crippen molar-refractivity contribution in [3.63, 3.8) is 0 Å². The first kappa shape index (κ1) is 10.4. The van der Waals surface area contributed by atoms with Gasteiger partial charge in [-0.25, -0.2) is 4.39 Å². The van der Waals surface area contributed by atoms with Crippen LogP contribution in [-0.4, -0.2) is 18.2 Å². The largest absolute Gasteiger partial charge is 0.391 e. The number of rotatable bonds is 2.